The van der Waals surface area contributed by atoms with Gasteiger partial charge in [0, 0.05) is 25.0 Å². The lowest BCUT2D eigenvalue weighted by atomic mass is 10.3. The van der Waals surface area contributed by atoms with Crippen molar-refractivity contribution in [2.45, 2.75) is 26.7 Å². The first-order chi connectivity index (χ1) is 13.2. The van der Waals surface area contributed by atoms with E-state index in [0.29, 0.717) is 18.6 Å². The molecule has 0 saturated heterocycles. The largest absolute Gasteiger partial charge is 0.351 e. The highest BCUT2D eigenvalue weighted by atomic mass is 16.2. The highest BCUT2D eigenvalue weighted by Crippen LogP contribution is 2.19. The van der Waals surface area contributed by atoms with E-state index >= 15 is 0 Å². The molecule has 140 valence electrons. The van der Waals surface area contributed by atoms with E-state index < -0.39 is 0 Å². The van der Waals surface area contributed by atoms with Gasteiger partial charge in [-0.05, 0) is 37.6 Å². The number of fused-ring (bicyclic) bond motifs is 1. The van der Waals surface area contributed by atoms with Crippen LogP contribution in [0, 0.1) is 0 Å². The van der Waals surface area contributed by atoms with E-state index in [-0.39, 0.29) is 23.3 Å². The molecular weight excluding hydrogens is 340 g/mol. The van der Waals surface area contributed by atoms with Gasteiger partial charge in [-0.2, -0.15) is 0 Å². The lowest BCUT2D eigenvalue weighted by molar-refractivity contribution is 0.0950. The Labute approximate surface area is 158 Å². The lowest BCUT2D eigenvalue weighted by Crippen LogP contribution is -2.32. The standard InChI is InChI=1S/C21H24N4O2/c1-3-5-14-22-20(26)18-17-13-9-10-15-25(17)19(23-18)21(27)24(4-2)16-11-7-6-8-12-16/h6-13,15H,3-5,14H2,1-2H3,(H,22,26). The fourth-order valence-electron chi connectivity index (χ4n) is 2.99. The molecule has 2 heterocycles. The average Bonchev–Trinajstić information content (AvgIpc) is 3.09. The second-order valence-corrected chi connectivity index (χ2v) is 6.23. The molecule has 3 rings (SSSR count). The van der Waals surface area contributed by atoms with Crippen LogP contribution in [0.15, 0.2) is 54.7 Å². The molecule has 0 saturated carbocycles. The van der Waals surface area contributed by atoms with Gasteiger partial charge in [0.05, 0.1) is 5.52 Å². The number of hydrogen-bond donors (Lipinski definition) is 1. The summed E-state index contributed by atoms with van der Waals surface area (Å²) in [5, 5.41) is 2.88. The summed E-state index contributed by atoms with van der Waals surface area (Å²) in [5.74, 6) is -0.261. The van der Waals surface area contributed by atoms with Crippen molar-refractivity contribution in [2.24, 2.45) is 0 Å². The number of amides is 2. The molecule has 6 heteroatoms. The fraction of sp³-hybridized carbons (Fsp3) is 0.286. The first-order valence-electron chi connectivity index (χ1n) is 9.29. The minimum absolute atomic E-state index is 0.233. The number of hydrogen-bond acceptors (Lipinski definition) is 3. The van der Waals surface area contributed by atoms with Gasteiger partial charge in [0.2, 0.25) is 5.82 Å². The quantitative estimate of drug-likeness (QED) is 0.652. The number of para-hydroxylation sites is 1. The van der Waals surface area contributed by atoms with Gasteiger partial charge in [0.1, 0.15) is 0 Å². The maximum atomic E-state index is 13.2. The van der Waals surface area contributed by atoms with Crippen LogP contribution in [0.1, 0.15) is 47.8 Å². The number of unbranched alkanes of at least 4 members (excludes halogenated alkanes) is 1. The van der Waals surface area contributed by atoms with E-state index in [4.69, 9.17) is 0 Å². The third-order valence-electron chi connectivity index (χ3n) is 4.40. The average molecular weight is 364 g/mol. The number of rotatable bonds is 7. The summed E-state index contributed by atoms with van der Waals surface area (Å²) in [4.78, 5) is 31.8. The van der Waals surface area contributed by atoms with Crippen LogP contribution in [0.3, 0.4) is 0 Å². The summed E-state index contributed by atoms with van der Waals surface area (Å²) in [6.07, 6.45) is 3.66. The van der Waals surface area contributed by atoms with Gasteiger partial charge >= 0.3 is 0 Å². The van der Waals surface area contributed by atoms with Crippen molar-refractivity contribution >= 4 is 23.0 Å². The van der Waals surface area contributed by atoms with E-state index in [1.54, 1.807) is 21.6 Å². The maximum Gasteiger partial charge on any atom is 0.294 e. The van der Waals surface area contributed by atoms with Crippen molar-refractivity contribution in [3.63, 3.8) is 0 Å². The van der Waals surface area contributed by atoms with Crippen LogP contribution < -0.4 is 10.2 Å². The minimum atomic E-state index is -0.256. The van der Waals surface area contributed by atoms with Gasteiger partial charge in [-0.1, -0.05) is 37.6 Å². The van der Waals surface area contributed by atoms with Gasteiger partial charge in [0.15, 0.2) is 5.69 Å². The summed E-state index contributed by atoms with van der Waals surface area (Å²) in [6.45, 7) is 5.08. The van der Waals surface area contributed by atoms with Crippen LogP contribution in [-0.2, 0) is 0 Å². The Morgan fingerprint density at radius 3 is 2.52 bits per heavy atom. The molecule has 0 aliphatic carbocycles. The number of nitrogens with one attached hydrogen (secondary N) is 1. The normalized spacial score (nSPS) is 10.7. The molecule has 0 radical (unpaired) electrons. The molecule has 0 atom stereocenters. The van der Waals surface area contributed by atoms with Crippen molar-refractivity contribution in [1.29, 1.82) is 0 Å². The molecule has 3 aromatic rings. The highest BCUT2D eigenvalue weighted by Gasteiger charge is 2.25. The summed E-state index contributed by atoms with van der Waals surface area (Å²) in [7, 11) is 0. The Morgan fingerprint density at radius 1 is 1.07 bits per heavy atom. The molecule has 2 aromatic heterocycles. The molecule has 0 aliphatic heterocycles. The first-order valence-corrected chi connectivity index (χ1v) is 9.29. The maximum absolute atomic E-state index is 13.2. The monoisotopic (exact) mass is 364 g/mol. The van der Waals surface area contributed by atoms with Gasteiger partial charge in [-0.15, -0.1) is 0 Å². The molecule has 2 amide bonds. The molecule has 0 unspecified atom stereocenters. The Hall–Kier alpha value is -3.15. The van der Waals surface area contributed by atoms with Crippen molar-refractivity contribution in [3.8, 4) is 0 Å². The summed E-state index contributed by atoms with van der Waals surface area (Å²) < 4.78 is 1.68. The van der Waals surface area contributed by atoms with Gasteiger partial charge < -0.3 is 10.2 Å². The predicted octanol–water partition coefficient (Wildman–Crippen LogP) is 3.53. The molecule has 27 heavy (non-hydrogen) atoms. The second kappa shape index (κ2) is 8.49. The third-order valence-corrected chi connectivity index (χ3v) is 4.40. The van der Waals surface area contributed by atoms with Crippen LogP contribution in [0.2, 0.25) is 0 Å². The second-order valence-electron chi connectivity index (χ2n) is 6.23. The van der Waals surface area contributed by atoms with E-state index in [0.717, 1.165) is 18.5 Å². The zero-order valence-electron chi connectivity index (χ0n) is 15.7. The number of imidazole rings is 1. The van der Waals surface area contributed by atoms with E-state index in [9.17, 15) is 9.59 Å². The molecule has 1 aromatic carbocycles. The van der Waals surface area contributed by atoms with Crippen LogP contribution >= 0.6 is 0 Å². The van der Waals surface area contributed by atoms with Crippen LogP contribution in [0.4, 0.5) is 5.69 Å². The third kappa shape index (κ3) is 3.84. The van der Waals surface area contributed by atoms with Crippen molar-refractivity contribution in [3.05, 3.63) is 66.2 Å². The minimum Gasteiger partial charge on any atom is -0.351 e. The number of benzene rings is 1. The molecular formula is C21H24N4O2. The molecule has 0 fully saturated rings. The van der Waals surface area contributed by atoms with Crippen LogP contribution in [0.5, 0.6) is 0 Å². The lowest BCUT2D eigenvalue weighted by Gasteiger charge is -2.20. The molecule has 1 N–H and O–H groups in total. The highest BCUT2D eigenvalue weighted by molar-refractivity contribution is 6.07. The van der Waals surface area contributed by atoms with Crippen LogP contribution in [0.25, 0.3) is 5.52 Å². The Morgan fingerprint density at radius 2 is 1.81 bits per heavy atom. The van der Waals surface area contributed by atoms with E-state index in [1.165, 1.54) is 0 Å². The summed E-state index contributed by atoms with van der Waals surface area (Å²) >= 11 is 0. The van der Waals surface area contributed by atoms with Crippen molar-refractivity contribution in [2.75, 3.05) is 18.0 Å². The van der Waals surface area contributed by atoms with Crippen molar-refractivity contribution < 1.29 is 9.59 Å². The molecule has 0 bridgehead atoms. The smallest absolute Gasteiger partial charge is 0.294 e. The number of aromatic nitrogens is 2. The molecule has 0 spiro atoms. The predicted molar refractivity (Wildman–Crippen MR) is 106 cm³/mol. The van der Waals surface area contributed by atoms with Gasteiger partial charge in [-0.3, -0.25) is 14.0 Å². The Balaban J connectivity index is 1.99. The van der Waals surface area contributed by atoms with E-state index in [1.807, 2.05) is 49.4 Å². The summed E-state index contributed by atoms with van der Waals surface area (Å²) in [6, 6.07) is 14.9. The molecule has 6 nitrogen and oxygen atoms in total. The topological polar surface area (TPSA) is 66.7 Å². The SMILES string of the molecule is CCCCNC(=O)c1nc(C(=O)N(CC)c2ccccc2)n2ccccc12. The number of carbonyl (C=O) groups excluding carboxylic acids is 2. The molecule has 0 aliphatic rings. The number of pyridine rings is 1. The van der Waals surface area contributed by atoms with Crippen molar-refractivity contribution in [1.82, 2.24) is 14.7 Å². The van der Waals surface area contributed by atoms with E-state index in [2.05, 4.69) is 17.2 Å². The Bertz CT molecular complexity index is 934. The number of nitrogens with zero attached hydrogens (tertiary/aromatic N) is 3. The fourth-order valence-corrected chi connectivity index (χ4v) is 2.99. The zero-order valence-corrected chi connectivity index (χ0v) is 15.7. The first kappa shape index (κ1) is 18.6. The van der Waals surface area contributed by atoms with Gasteiger partial charge in [-0.25, -0.2) is 4.98 Å². The number of carbonyl (C=O) groups is 2. The zero-order chi connectivity index (χ0) is 19.2. The summed E-state index contributed by atoms with van der Waals surface area (Å²) in [5.41, 5.74) is 1.70. The van der Waals surface area contributed by atoms with Crippen LogP contribution in [-0.4, -0.2) is 34.3 Å². The number of anilines is 1. The Kier molecular flexibility index (Phi) is 5.86. The van der Waals surface area contributed by atoms with Gasteiger partial charge in [0.25, 0.3) is 11.8 Å².